The largest absolute Gasteiger partial charge is 0.322 e. The van der Waals surface area contributed by atoms with Gasteiger partial charge in [0.2, 0.25) is 10.0 Å². The molecule has 4 rings (SSSR count). The van der Waals surface area contributed by atoms with Crippen LogP contribution in [0.4, 0.5) is 14.5 Å². The predicted molar refractivity (Wildman–Crippen MR) is 123 cm³/mol. The first-order chi connectivity index (χ1) is 16.2. The molecule has 0 saturated heterocycles. The molecule has 0 fully saturated rings. The normalized spacial score (nSPS) is 11.8. The van der Waals surface area contributed by atoms with Crippen LogP contribution in [0.2, 0.25) is 0 Å². The second-order valence-electron chi connectivity index (χ2n) is 7.51. The van der Waals surface area contributed by atoms with Gasteiger partial charge < -0.3 is 5.32 Å². The van der Waals surface area contributed by atoms with Gasteiger partial charge in [-0.1, -0.05) is 36.8 Å². The molecule has 176 valence electrons. The Balaban J connectivity index is 1.69. The molecular formula is C23H21F2N5O3S. The zero-order chi connectivity index (χ0) is 24.5. The Hall–Kier alpha value is -3.70. The Morgan fingerprint density at radius 2 is 1.76 bits per heavy atom. The number of carbonyl (C=O) groups excluding carboxylic acids is 1. The number of halogens is 2. The topological polar surface area (TPSA) is 105 Å². The summed E-state index contributed by atoms with van der Waals surface area (Å²) >= 11 is 0. The van der Waals surface area contributed by atoms with Gasteiger partial charge in [0.25, 0.3) is 12.3 Å². The van der Waals surface area contributed by atoms with Crippen LogP contribution in [0.5, 0.6) is 0 Å². The molecule has 11 heteroatoms. The van der Waals surface area contributed by atoms with E-state index in [4.69, 9.17) is 0 Å². The molecule has 34 heavy (non-hydrogen) atoms. The number of amides is 1. The van der Waals surface area contributed by atoms with Crippen molar-refractivity contribution < 1.29 is 22.0 Å². The van der Waals surface area contributed by atoms with Crippen molar-refractivity contribution in [2.45, 2.75) is 25.2 Å². The Bertz CT molecular complexity index is 1450. The molecule has 0 spiro atoms. The standard InChI is InChI=1S/C23H21F2N5O3S/c1-3-27-34(32,33)17-10-8-16(9-11-17)28-23(31)18-13-26-30-20(21(24)25)12-19(29-22(18)30)15-6-4-14(2)5-7-15/h4-13,21,27H,3H2,1-2H3,(H,28,31). The fourth-order valence-corrected chi connectivity index (χ4v) is 4.40. The van der Waals surface area contributed by atoms with Gasteiger partial charge >= 0.3 is 0 Å². The number of aromatic nitrogens is 3. The van der Waals surface area contributed by atoms with Gasteiger partial charge in [0.15, 0.2) is 5.65 Å². The zero-order valence-corrected chi connectivity index (χ0v) is 19.1. The molecule has 8 nitrogen and oxygen atoms in total. The number of fused-ring (bicyclic) bond motifs is 1. The maximum absolute atomic E-state index is 13.8. The van der Waals surface area contributed by atoms with E-state index in [1.54, 1.807) is 19.1 Å². The third kappa shape index (κ3) is 4.66. The van der Waals surface area contributed by atoms with Crippen molar-refractivity contribution in [1.82, 2.24) is 19.3 Å². The van der Waals surface area contributed by atoms with Crippen molar-refractivity contribution >= 4 is 27.3 Å². The Morgan fingerprint density at radius 1 is 1.09 bits per heavy atom. The molecule has 4 aromatic rings. The third-order valence-electron chi connectivity index (χ3n) is 5.07. The second-order valence-corrected chi connectivity index (χ2v) is 9.27. The first kappa shape index (κ1) is 23.5. The molecule has 0 aliphatic carbocycles. The highest BCUT2D eigenvalue weighted by molar-refractivity contribution is 7.89. The van der Waals surface area contributed by atoms with Crippen molar-refractivity contribution in [1.29, 1.82) is 0 Å². The number of anilines is 1. The highest BCUT2D eigenvalue weighted by Gasteiger charge is 2.22. The molecule has 2 N–H and O–H groups in total. The second kappa shape index (κ2) is 9.27. The van der Waals surface area contributed by atoms with E-state index in [1.165, 1.54) is 36.5 Å². The summed E-state index contributed by atoms with van der Waals surface area (Å²) in [4.78, 5) is 17.4. The molecule has 2 aromatic heterocycles. The van der Waals surface area contributed by atoms with E-state index in [-0.39, 0.29) is 28.3 Å². The minimum absolute atomic E-state index is 0.000194. The SMILES string of the molecule is CCNS(=O)(=O)c1ccc(NC(=O)c2cnn3c(C(F)F)cc(-c4ccc(C)cc4)nc23)cc1. The number of nitrogens with one attached hydrogen (secondary N) is 2. The molecule has 0 bridgehead atoms. The molecule has 2 heterocycles. The van der Waals surface area contributed by atoms with Crippen molar-refractivity contribution in [3.8, 4) is 11.3 Å². The summed E-state index contributed by atoms with van der Waals surface area (Å²) in [5.41, 5.74) is 1.83. The summed E-state index contributed by atoms with van der Waals surface area (Å²) in [6.07, 6.45) is -1.66. The lowest BCUT2D eigenvalue weighted by Crippen LogP contribution is -2.23. The molecule has 0 atom stereocenters. The van der Waals surface area contributed by atoms with Gasteiger partial charge in [0, 0.05) is 17.8 Å². The number of carbonyl (C=O) groups is 1. The monoisotopic (exact) mass is 485 g/mol. The molecule has 2 aromatic carbocycles. The van der Waals surface area contributed by atoms with Crippen LogP contribution in [-0.4, -0.2) is 35.5 Å². The van der Waals surface area contributed by atoms with Crippen LogP contribution >= 0.6 is 0 Å². The van der Waals surface area contributed by atoms with Crippen LogP contribution in [-0.2, 0) is 10.0 Å². The summed E-state index contributed by atoms with van der Waals surface area (Å²) in [6, 6.07) is 14.0. The van der Waals surface area contributed by atoms with Gasteiger partial charge in [-0.2, -0.15) is 5.10 Å². The summed E-state index contributed by atoms with van der Waals surface area (Å²) in [5, 5.41) is 6.57. The smallest absolute Gasteiger partial charge is 0.280 e. The predicted octanol–water partition coefficient (Wildman–Crippen LogP) is 4.19. The van der Waals surface area contributed by atoms with Gasteiger partial charge in [-0.05, 0) is 37.3 Å². The van der Waals surface area contributed by atoms with E-state index in [2.05, 4.69) is 20.1 Å². The fourth-order valence-electron chi connectivity index (χ4n) is 3.36. The van der Waals surface area contributed by atoms with Gasteiger partial charge in [0.1, 0.15) is 11.3 Å². The minimum atomic E-state index is -3.63. The number of rotatable bonds is 7. The van der Waals surface area contributed by atoms with Gasteiger partial charge in [0.05, 0.1) is 16.8 Å². The number of benzene rings is 2. The zero-order valence-electron chi connectivity index (χ0n) is 18.3. The Morgan fingerprint density at radius 3 is 2.38 bits per heavy atom. The first-order valence-corrected chi connectivity index (χ1v) is 11.8. The van der Waals surface area contributed by atoms with Gasteiger partial charge in [-0.15, -0.1) is 0 Å². The average molecular weight is 486 g/mol. The Labute approximate surface area is 194 Å². The molecule has 0 aliphatic rings. The summed E-state index contributed by atoms with van der Waals surface area (Å²) in [6.45, 7) is 3.82. The van der Waals surface area contributed by atoms with Crippen molar-refractivity contribution in [3.63, 3.8) is 0 Å². The van der Waals surface area contributed by atoms with E-state index in [9.17, 15) is 22.0 Å². The van der Waals surface area contributed by atoms with Crippen LogP contribution in [0.3, 0.4) is 0 Å². The number of sulfonamides is 1. The molecule has 1 amide bonds. The highest BCUT2D eigenvalue weighted by Crippen LogP contribution is 2.27. The lowest BCUT2D eigenvalue weighted by molar-refractivity contribution is 0.102. The van der Waals surface area contributed by atoms with Crippen molar-refractivity contribution in [3.05, 3.63) is 77.6 Å². The third-order valence-corrected chi connectivity index (χ3v) is 6.63. The van der Waals surface area contributed by atoms with Gasteiger partial charge in [-0.25, -0.2) is 31.4 Å². The van der Waals surface area contributed by atoms with E-state index in [0.29, 0.717) is 11.3 Å². The summed E-state index contributed by atoms with van der Waals surface area (Å²) in [7, 11) is -3.63. The van der Waals surface area contributed by atoms with E-state index in [1.807, 2.05) is 19.1 Å². The molecule has 0 aliphatic heterocycles. The van der Waals surface area contributed by atoms with Crippen molar-refractivity contribution in [2.24, 2.45) is 0 Å². The number of hydrogen-bond donors (Lipinski definition) is 2. The molecule has 0 unspecified atom stereocenters. The quantitative estimate of drug-likeness (QED) is 0.408. The van der Waals surface area contributed by atoms with Crippen LogP contribution in [0.1, 0.15) is 35.0 Å². The number of alkyl halides is 2. The number of hydrogen-bond acceptors (Lipinski definition) is 5. The fraction of sp³-hybridized carbons (Fsp3) is 0.174. The van der Waals surface area contributed by atoms with Gasteiger partial charge in [-0.3, -0.25) is 4.79 Å². The van der Waals surface area contributed by atoms with Crippen molar-refractivity contribution in [2.75, 3.05) is 11.9 Å². The van der Waals surface area contributed by atoms with E-state index in [0.717, 1.165) is 10.1 Å². The van der Waals surface area contributed by atoms with E-state index < -0.39 is 28.0 Å². The van der Waals surface area contributed by atoms with Crippen LogP contribution < -0.4 is 10.0 Å². The van der Waals surface area contributed by atoms with Crippen LogP contribution in [0, 0.1) is 6.92 Å². The lowest BCUT2D eigenvalue weighted by Gasteiger charge is -2.09. The van der Waals surface area contributed by atoms with E-state index >= 15 is 0 Å². The lowest BCUT2D eigenvalue weighted by atomic mass is 10.1. The highest BCUT2D eigenvalue weighted by atomic mass is 32.2. The maximum Gasteiger partial charge on any atom is 0.280 e. The summed E-state index contributed by atoms with van der Waals surface area (Å²) < 4.78 is 55.0. The minimum Gasteiger partial charge on any atom is -0.322 e. The Kier molecular flexibility index (Phi) is 6.40. The maximum atomic E-state index is 13.8. The van der Waals surface area contributed by atoms with Crippen LogP contribution in [0.15, 0.2) is 65.7 Å². The first-order valence-electron chi connectivity index (χ1n) is 10.3. The molecule has 0 radical (unpaired) electrons. The number of nitrogens with zero attached hydrogens (tertiary/aromatic N) is 3. The molecular weight excluding hydrogens is 464 g/mol. The average Bonchev–Trinajstić information content (AvgIpc) is 3.23. The molecule has 0 saturated carbocycles. The summed E-state index contributed by atoms with van der Waals surface area (Å²) in [5.74, 6) is -0.619. The van der Waals surface area contributed by atoms with Crippen LogP contribution in [0.25, 0.3) is 16.9 Å². The number of aryl methyl sites for hydroxylation is 1.